The van der Waals surface area contributed by atoms with Gasteiger partial charge >= 0.3 is 5.97 Å². The minimum atomic E-state index is -3.74. The van der Waals surface area contributed by atoms with Crippen LogP contribution in [0.25, 0.3) is 0 Å². The van der Waals surface area contributed by atoms with Crippen molar-refractivity contribution in [3.63, 3.8) is 0 Å². The maximum atomic E-state index is 12.5. The van der Waals surface area contributed by atoms with Gasteiger partial charge in [-0.3, -0.25) is 0 Å². The van der Waals surface area contributed by atoms with Crippen molar-refractivity contribution in [2.45, 2.75) is 36.5 Å². The van der Waals surface area contributed by atoms with Crippen molar-refractivity contribution >= 4 is 27.3 Å². The summed E-state index contributed by atoms with van der Waals surface area (Å²) in [6, 6.07) is 1.38. The number of carboxylic acids is 1. The predicted octanol–water partition coefficient (Wildman–Crippen LogP) is 1.29. The van der Waals surface area contributed by atoms with Crippen molar-refractivity contribution in [2.24, 2.45) is 0 Å². The predicted molar refractivity (Wildman–Crippen MR) is 74.6 cm³/mol. The van der Waals surface area contributed by atoms with E-state index in [1.807, 2.05) is 0 Å². The molecular weight excluding hydrogens is 302 g/mol. The zero-order valence-electron chi connectivity index (χ0n) is 11.3. The van der Waals surface area contributed by atoms with Gasteiger partial charge in [0.25, 0.3) is 10.0 Å². The van der Waals surface area contributed by atoms with E-state index in [0.717, 1.165) is 11.3 Å². The lowest BCUT2D eigenvalue weighted by Gasteiger charge is -2.35. The van der Waals surface area contributed by atoms with Gasteiger partial charge in [-0.15, -0.1) is 11.3 Å². The summed E-state index contributed by atoms with van der Waals surface area (Å²) in [7, 11) is -3.74. The second kappa shape index (κ2) is 5.10. The molecule has 0 bridgehead atoms. The molecule has 1 aromatic rings. The molecule has 0 saturated carbocycles. The second-order valence-corrected chi connectivity index (χ2v) is 8.54. The third-order valence-corrected chi connectivity index (χ3v) is 6.84. The van der Waals surface area contributed by atoms with Crippen LogP contribution in [0.2, 0.25) is 0 Å². The number of sulfonamides is 1. The van der Waals surface area contributed by atoms with Gasteiger partial charge in [0.15, 0.2) is 0 Å². The maximum Gasteiger partial charge on any atom is 0.346 e. The molecule has 2 rings (SSSR count). The lowest BCUT2D eigenvalue weighted by molar-refractivity contribution is 0.00944. The third kappa shape index (κ3) is 2.88. The molecule has 1 saturated heterocycles. The molecule has 8 heteroatoms. The molecule has 2 N–H and O–H groups in total. The maximum absolute atomic E-state index is 12.5. The normalized spacial score (nSPS) is 24.8. The smallest absolute Gasteiger partial charge is 0.346 e. The molecule has 0 amide bonds. The Morgan fingerprint density at radius 2 is 2.15 bits per heavy atom. The average Bonchev–Trinajstić information content (AvgIpc) is 2.70. The highest BCUT2D eigenvalue weighted by molar-refractivity contribution is 7.91. The molecule has 0 radical (unpaired) electrons. The molecule has 1 aromatic heterocycles. The van der Waals surface area contributed by atoms with Crippen LogP contribution in [0.5, 0.6) is 0 Å². The second-order valence-electron chi connectivity index (χ2n) is 5.32. The number of carbonyl (C=O) groups is 1. The van der Waals surface area contributed by atoms with E-state index in [1.165, 1.54) is 10.4 Å². The van der Waals surface area contributed by atoms with E-state index >= 15 is 0 Å². The number of carboxylic acid groups (broad SMARTS) is 1. The number of hydrogen-bond acceptors (Lipinski definition) is 5. The van der Waals surface area contributed by atoms with Gasteiger partial charge in [0, 0.05) is 13.1 Å². The third-order valence-electron chi connectivity index (χ3n) is 3.32. The molecule has 1 atom stereocenters. The van der Waals surface area contributed by atoms with Gasteiger partial charge < -0.3 is 10.2 Å². The van der Waals surface area contributed by atoms with Crippen LogP contribution in [0.1, 0.15) is 35.0 Å². The molecule has 0 aliphatic carbocycles. The van der Waals surface area contributed by atoms with Gasteiger partial charge in [0.05, 0.1) is 5.60 Å². The summed E-state index contributed by atoms with van der Waals surface area (Å²) in [4.78, 5) is 11.0. The monoisotopic (exact) mass is 319 g/mol. The van der Waals surface area contributed by atoms with Crippen molar-refractivity contribution in [1.29, 1.82) is 0 Å². The number of thiophene rings is 1. The van der Waals surface area contributed by atoms with Crippen molar-refractivity contribution in [1.82, 2.24) is 4.31 Å². The number of hydrogen-bond donors (Lipinski definition) is 2. The zero-order chi connectivity index (χ0) is 15.1. The van der Waals surface area contributed by atoms with Crippen LogP contribution < -0.4 is 0 Å². The van der Waals surface area contributed by atoms with Crippen LogP contribution in [0.3, 0.4) is 0 Å². The molecule has 1 fully saturated rings. The van der Waals surface area contributed by atoms with Crippen molar-refractivity contribution in [3.05, 3.63) is 16.5 Å². The summed E-state index contributed by atoms with van der Waals surface area (Å²) in [5.74, 6) is -1.13. The minimum absolute atomic E-state index is 0.0186. The Morgan fingerprint density at radius 1 is 1.50 bits per heavy atom. The van der Waals surface area contributed by atoms with Gasteiger partial charge in [-0.2, -0.15) is 4.31 Å². The number of β-amino-alcohol motifs (C(OH)–C–C–N with tert-alkyl or cyclic N) is 1. The Labute approximate surface area is 121 Å². The Balaban J connectivity index is 2.35. The number of rotatable bonds is 3. The van der Waals surface area contributed by atoms with Crippen molar-refractivity contribution < 1.29 is 23.4 Å². The van der Waals surface area contributed by atoms with Gasteiger partial charge in [0.2, 0.25) is 0 Å². The van der Waals surface area contributed by atoms with Crippen LogP contribution in [-0.4, -0.2) is 47.6 Å². The molecule has 1 unspecified atom stereocenters. The van der Waals surface area contributed by atoms with Gasteiger partial charge in [-0.1, -0.05) is 0 Å². The standard InChI is InChI=1S/C12H17NO5S2/c1-8-6-9(19-10(8)11(14)15)20(17,18)13-5-3-4-12(2,16)7-13/h6,16H,3-5,7H2,1-2H3,(H,14,15). The molecule has 0 aromatic carbocycles. The van der Waals surface area contributed by atoms with E-state index < -0.39 is 21.6 Å². The Kier molecular flexibility index (Phi) is 3.94. The molecule has 1 aliphatic heterocycles. The fourth-order valence-electron chi connectivity index (χ4n) is 2.30. The van der Waals surface area contributed by atoms with Crippen molar-refractivity contribution in [3.8, 4) is 0 Å². The summed E-state index contributed by atoms with van der Waals surface area (Å²) < 4.78 is 26.2. The SMILES string of the molecule is Cc1cc(S(=O)(=O)N2CCCC(C)(O)C2)sc1C(=O)O. The Hall–Kier alpha value is -0.960. The van der Waals surface area contributed by atoms with E-state index in [4.69, 9.17) is 5.11 Å². The fourth-order valence-corrected chi connectivity index (χ4v) is 5.43. The Morgan fingerprint density at radius 3 is 2.65 bits per heavy atom. The van der Waals surface area contributed by atoms with E-state index in [2.05, 4.69) is 0 Å². The number of aryl methyl sites for hydroxylation is 1. The summed E-state index contributed by atoms with van der Waals surface area (Å²) in [5.41, 5.74) is -0.599. The van der Waals surface area contributed by atoms with Gasteiger partial charge in [-0.05, 0) is 38.3 Å². The Bertz CT molecular complexity index is 632. The minimum Gasteiger partial charge on any atom is -0.477 e. The lowest BCUT2D eigenvalue weighted by Crippen LogP contribution is -2.48. The first-order valence-electron chi connectivity index (χ1n) is 6.20. The van der Waals surface area contributed by atoms with E-state index in [1.54, 1.807) is 13.8 Å². The van der Waals surface area contributed by atoms with Gasteiger partial charge in [-0.25, -0.2) is 13.2 Å². The van der Waals surface area contributed by atoms with Crippen LogP contribution in [0, 0.1) is 6.92 Å². The van der Waals surface area contributed by atoms with Crippen LogP contribution in [0.4, 0.5) is 0 Å². The molecule has 112 valence electrons. The number of aliphatic hydroxyl groups is 1. The molecule has 1 aliphatic rings. The summed E-state index contributed by atoms with van der Waals surface area (Å²) in [5, 5.41) is 19.0. The van der Waals surface area contributed by atoms with E-state index in [9.17, 15) is 18.3 Å². The van der Waals surface area contributed by atoms with Crippen LogP contribution in [0.15, 0.2) is 10.3 Å². The first-order valence-corrected chi connectivity index (χ1v) is 8.45. The first-order chi connectivity index (χ1) is 9.13. The number of aromatic carboxylic acids is 1. The molecule has 2 heterocycles. The zero-order valence-corrected chi connectivity index (χ0v) is 12.9. The average molecular weight is 319 g/mol. The van der Waals surface area contributed by atoms with E-state index in [0.29, 0.717) is 24.9 Å². The first kappa shape index (κ1) is 15.4. The molecular formula is C12H17NO5S2. The van der Waals surface area contributed by atoms with E-state index in [-0.39, 0.29) is 15.6 Å². The highest BCUT2D eigenvalue weighted by Gasteiger charge is 2.36. The largest absolute Gasteiger partial charge is 0.477 e. The summed E-state index contributed by atoms with van der Waals surface area (Å²) >= 11 is 0.758. The van der Waals surface area contributed by atoms with Crippen molar-refractivity contribution in [2.75, 3.05) is 13.1 Å². The fraction of sp³-hybridized carbons (Fsp3) is 0.583. The molecule has 0 spiro atoms. The lowest BCUT2D eigenvalue weighted by atomic mass is 9.97. The quantitative estimate of drug-likeness (QED) is 0.875. The summed E-state index contributed by atoms with van der Waals surface area (Å²) in [6.45, 7) is 3.56. The molecule has 6 nitrogen and oxygen atoms in total. The highest BCUT2D eigenvalue weighted by Crippen LogP contribution is 2.31. The van der Waals surface area contributed by atoms with Crippen LogP contribution in [-0.2, 0) is 10.0 Å². The highest BCUT2D eigenvalue weighted by atomic mass is 32.2. The van der Waals surface area contributed by atoms with Gasteiger partial charge in [0.1, 0.15) is 9.09 Å². The molecule has 20 heavy (non-hydrogen) atoms. The number of piperidine rings is 1. The topological polar surface area (TPSA) is 94.9 Å². The summed E-state index contributed by atoms with van der Waals surface area (Å²) in [6.07, 6.45) is 1.14. The number of nitrogens with zero attached hydrogens (tertiary/aromatic N) is 1. The van der Waals surface area contributed by atoms with Crippen LogP contribution >= 0.6 is 11.3 Å².